The highest BCUT2D eigenvalue weighted by molar-refractivity contribution is 5.71. The smallest absolute Gasteiger partial charge is 0.320 e. The Morgan fingerprint density at radius 1 is 1.12 bits per heavy atom. The van der Waals surface area contributed by atoms with Gasteiger partial charge in [0.2, 0.25) is 0 Å². The van der Waals surface area contributed by atoms with Crippen molar-refractivity contribution in [1.82, 2.24) is 4.90 Å². The molecule has 0 saturated heterocycles. The largest absolute Gasteiger partial charge is 0.464 e. The predicted molar refractivity (Wildman–Crippen MR) is 72.1 cm³/mol. The van der Waals surface area contributed by atoms with Crippen molar-refractivity contribution < 1.29 is 9.53 Å². The van der Waals surface area contributed by atoms with Gasteiger partial charge in [-0.2, -0.15) is 0 Å². The molecule has 3 nitrogen and oxygen atoms in total. The highest BCUT2D eigenvalue weighted by Crippen LogP contribution is 2.01. The van der Waals surface area contributed by atoms with Gasteiger partial charge in [0.15, 0.2) is 0 Å². The van der Waals surface area contributed by atoms with Crippen LogP contribution in [0.3, 0.4) is 0 Å². The maximum absolute atomic E-state index is 11.6. The minimum absolute atomic E-state index is 0.0779. The molecule has 0 spiro atoms. The van der Waals surface area contributed by atoms with Crippen LogP contribution < -0.4 is 0 Å². The standard InChI is InChI=1S/C14H29NO2/c1-5-7-9-15(10-8-6-2)11-14(16)17-12-13(3)4/h13H,5-12H2,1-4H3. The summed E-state index contributed by atoms with van der Waals surface area (Å²) in [6, 6.07) is 0. The summed E-state index contributed by atoms with van der Waals surface area (Å²) >= 11 is 0. The van der Waals surface area contributed by atoms with Crippen molar-refractivity contribution in [1.29, 1.82) is 0 Å². The molecule has 0 aromatic carbocycles. The molecule has 0 aromatic heterocycles. The molecule has 3 heteroatoms. The Bertz CT molecular complexity index is 185. The van der Waals surface area contributed by atoms with E-state index in [4.69, 9.17) is 4.74 Å². The fourth-order valence-corrected chi connectivity index (χ4v) is 1.52. The summed E-state index contributed by atoms with van der Waals surface area (Å²) in [5.74, 6) is 0.338. The molecule has 0 unspecified atom stereocenters. The lowest BCUT2D eigenvalue weighted by atomic mass is 10.2. The first-order valence-corrected chi connectivity index (χ1v) is 6.98. The van der Waals surface area contributed by atoms with Gasteiger partial charge in [-0.3, -0.25) is 9.69 Å². The second-order valence-electron chi connectivity index (χ2n) is 5.06. The van der Waals surface area contributed by atoms with E-state index in [-0.39, 0.29) is 5.97 Å². The lowest BCUT2D eigenvalue weighted by Gasteiger charge is -2.21. The van der Waals surface area contributed by atoms with Crippen LogP contribution in [0.15, 0.2) is 0 Å². The summed E-state index contributed by atoms with van der Waals surface area (Å²) in [4.78, 5) is 13.8. The molecule has 0 atom stereocenters. The molecule has 0 fully saturated rings. The number of hydrogen-bond donors (Lipinski definition) is 0. The van der Waals surface area contributed by atoms with E-state index in [1.807, 2.05) is 0 Å². The van der Waals surface area contributed by atoms with Gasteiger partial charge in [-0.05, 0) is 31.8 Å². The normalized spacial score (nSPS) is 11.2. The third kappa shape index (κ3) is 10.3. The van der Waals surface area contributed by atoms with Gasteiger partial charge in [-0.25, -0.2) is 0 Å². The molecule has 0 bridgehead atoms. The summed E-state index contributed by atoms with van der Waals surface area (Å²) < 4.78 is 5.21. The van der Waals surface area contributed by atoms with Crippen LogP contribution in [0, 0.1) is 5.92 Å². The zero-order valence-electron chi connectivity index (χ0n) is 12.0. The van der Waals surface area contributed by atoms with E-state index >= 15 is 0 Å². The number of carbonyl (C=O) groups excluding carboxylic acids is 1. The lowest BCUT2D eigenvalue weighted by Crippen LogP contribution is -2.33. The Morgan fingerprint density at radius 2 is 1.65 bits per heavy atom. The molecule has 17 heavy (non-hydrogen) atoms. The summed E-state index contributed by atoms with van der Waals surface area (Å²) in [6.07, 6.45) is 4.65. The zero-order chi connectivity index (χ0) is 13.1. The maximum Gasteiger partial charge on any atom is 0.320 e. The Morgan fingerprint density at radius 3 is 2.06 bits per heavy atom. The third-order valence-electron chi connectivity index (χ3n) is 2.59. The van der Waals surface area contributed by atoms with Crippen molar-refractivity contribution >= 4 is 5.97 Å². The molecule has 0 aliphatic rings. The summed E-state index contributed by atoms with van der Waals surface area (Å²) in [6.45, 7) is 11.5. The third-order valence-corrected chi connectivity index (χ3v) is 2.59. The molecule has 102 valence electrons. The minimum atomic E-state index is -0.0779. The van der Waals surface area contributed by atoms with Crippen LogP contribution in [0.25, 0.3) is 0 Å². The number of esters is 1. The van der Waals surface area contributed by atoms with Crippen molar-refractivity contribution in [2.24, 2.45) is 5.92 Å². The van der Waals surface area contributed by atoms with E-state index in [9.17, 15) is 4.79 Å². The molecule has 0 heterocycles. The summed E-state index contributed by atoms with van der Waals surface area (Å²) in [5.41, 5.74) is 0. The van der Waals surface area contributed by atoms with Crippen molar-refractivity contribution in [3.63, 3.8) is 0 Å². The average molecular weight is 243 g/mol. The van der Waals surface area contributed by atoms with E-state index in [1.165, 1.54) is 12.8 Å². The average Bonchev–Trinajstić information content (AvgIpc) is 2.30. The van der Waals surface area contributed by atoms with Crippen LogP contribution in [0.2, 0.25) is 0 Å². The number of rotatable bonds is 10. The first-order valence-electron chi connectivity index (χ1n) is 6.98. The zero-order valence-corrected chi connectivity index (χ0v) is 12.0. The monoisotopic (exact) mass is 243 g/mol. The molecule has 0 saturated carbocycles. The molecular weight excluding hydrogens is 214 g/mol. The summed E-state index contributed by atoms with van der Waals surface area (Å²) in [7, 11) is 0. The Balaban J connectivity index is 3.89. The van der Waals surface area contributed by atoms with Crippen LogP contribution in [-0.2, 0) is 9.53 Å². The van der Waals surface area contributed by atoms with E-state index in [0.29, 0.717) is 19.1 Å². The molecule has 0 aromatic rings. The van der Waals surface area contributed by atoms with Crippen molar-refractivity contribution in [3.05, 3.63) is 0 Å². The molecule has 0 aliphatic heterocycles. The molecular formula is C14H29NO2. The van der Waals surface area contributed by atoms with Crippen LogP contribution in [0.1, 0.15) is 53.4 Å². The second kappa shape index (κ2) is 10.6. The molecule has 0 amide bonds. The van der Waals surface area contributed by atoms with Gasteiger partial charge in [-0.1, -0.05) is 40.5 Å². The number of nitrogens with zero attached hydrogens (tertiary/aromatic N) is 1. The Labute approximate surface area is 107 Å². The molecule has 0 rings (SSSR count). The van der Waals surface area contributed by atoms with Crippen LogP contribution in [0.5, 0.6) is 0 Å². The van der Waals surface area contributed by atoms with Crippen LogP contribution in [0.4, 0.5) is 0 Å². The second-order valence-corrected chi connectivity index (χ2v) is 5.06. The van der Waals surface area contributed by atoms with E-state index < -0.39 is 0 Å². The van der Waals surface area contributed by atoms with E-state index in [2.05, 4.69) is 32.6 Å². The first-order chi connectivity index (χ1) is 8.10. The Hall–Kier alpha value is -0.570. The SMILES string of the molecule is CCCCN(CCCC)CC(=O)OCC(C)C. The lowest BCUT2D eigenvalue weighted by molar-refractivity contribution is -0.146. The van der Waals surface area contributed by atoms with Gasteiger partial charge in [0.05, 0.1) is 13.2 Å². The van der Waals surface area contributed by atoms with Gasteiger partial charge in [0.1, 0.15) is 0 Å². The predicted octanol–water partition coefficient (Wildman–Crippen LogP) is 3.09. The topological polar surface area (TPSA) is 29.5 Å². The van der Waals surface area contributed by atoms with Gasteiger partial charge in [-0.15, -0.1) is 0 Å². The highest BCUT2D eigenvalue weighted by atomic mass is 16.5. The number of unbranched alkanes of at least 4 members (excludes halogenated alkanes) is 2. The quantitative estimate of drug-likeness (QED) is 0.552. The Kier molecular flexibility index (Phi) is 10.2. The summed E-state index contributed by atoms with van der Waals surface area (Å²) in [5, 5.41) is 0. The maximum atomic E-state index is 11.6. The van der Waals surface area contributed by atoms with Crippen LogP contribution >= 0.6 is 0 Å². The van der Waals surface area contributed by atoms with Crippen molar-refractivity contribution in [2.75, 3.05) is 26.2 Å². The molecule has 0 aliphatic carbocycles. The fraction of sp³-hybridized carbons (Fsp3) is 0.929. The minimum Gasteiger partial charge on any atom is -0.464 e. The van der Waals surface area contributed by atoms with Crippen molar-refractivity contribution in [2.45, 2.75) is 53.4 Å². The number of ether oxygens (including phenoxy) is 1. The van der Waals surface area contributed by atoms with Crippen molar-refractivity contribution in [3.8, 4) is 0 Å². The molecule has 0 radical (unpaired) electrons. The highest BCUT2D eigenvalue weighted by Gasteiger charge is 2.11. The van der Waals surface area contributed by atoms with Crippen LogP contribution in [-0.4, -0.2) is 37.1 Å². The van der Waals surface area contributed by atoms with E-state index in [1.54, 1.807) is 0 Å². The van der Waals surface area contributed by atoms with Gasteiger partial charge >= 0.3 is 5.97 Å². The number of carbonyl (C=O) groups is 1. The first kappa shape index (κ1) is 16.4. The van der Waals surface area contributed by atoms with Gasteiger partial charge in [0.25, 0.3) is 0 Å². The van der Waals surface area contributed by atoms with E-state index in [0.717, 1.165) is 25.9 Å². The molecule has 0 N–H and O–H groups in total. The van der Waals surface area contributed by atoms with Gasteiger partial charge in [0, 0.05) is 0 Å². The fourth-order valence-electron chi connectivity index (χ4n) is 1.52. The number of hydrogen-bond acceptors (Lipinski definition) is 3. The van der Waals surface area contributed by atoms with Gasteiger partial charge < -0.3 is 4.74 Å².